The number of carboxylic acid groups (broad SMARTS) is 1. The van der Waals surface area contributed by atoms with E-state index in [9.17, 15) is 14.7 Å². The maximum atomic E-state index is 12.2. The molecule has 7 heteroatoms. The number of hydrogen-bond acceptors (Lipinski definition) is 5. The smallest absolute Gasteiger partial charge is 0.410 e. The van der Waals surface area contributed by atoms with Gasteiger partial charge in [-0.2, -0.15) is 0 Å². The fourth-order valence-corrected chi connectivity index (χ4v) is 3.01. The third-order valence-corrected chi connectivity index (χ3v) is 4.35. The fraction of sp³-hybridized carbons (Fsp3) is 0.450. The molecular formula is C20H24N2O5. The van der Waals surface area contributed by atoms with Crippen molar-refractivity contribution in [1.29, 1.82) is 0 Å². The third kappa shape index (κ3) is 4.30. The quantitative estimate of drug-likeness (QED) is 0.873. The number of aromatic nitrogens is 1. The van der Waals surface area contributed by atoms with Gasteiger partial charge in [-0.25, -0.2) is 14.6 Å². The van der Waals surface area contributed by atoms with E-state index in [1.54, 1.807) is 4.90 Å². The molecule has 27 heavy (non-hydrogen) atoms. The molecule has 2 aromatic rings. The first-order valence-corrected chi connectivity index (χ1v) is 8.93. The number of hydrogen-bond donors (Lipinski definition) is 1. The number of benzene rings is 1. The molecule has 0 aliphatic carbocycles. The lowest BCUT2D eigenvalue weighted by Gasteiger charge is -2.24. The van der Waals surface area contributed by atoms with Crippen LogP contribution in [0.5, 0.6) is 0 Å². The van der Waals surface area contributed by atoms with Crippen LogP contribution in [0.1, 0.15) is 55.1 Å². The summed E-state index contributed by atoms with van der Waals surface area (Å²) in [5.41, 5.74) is 1.06. The highest BCUT2D eigenvalue weighted by Gasteiger charge is 2.34. The van der Waals surface area contributed by atoms with Crippen LogP contribution in [0.2, 0.25) is 0 Å². The van der Waals surface area contributed by atoms with Crippen LogP contribution in [0.4, 0.5) is 4.79 Å². The molecule has 1 aromatic carbocycles. The molecule has 1 unspecified atom stereocenters. The lowest BCUT2D eigenvalue weighted by Crippen LogP contribution is -2.35. The number of aromatic carboxylic acids is 1. The summed E-state index contributed by atoms with van der Waals surface area (Å²) >= 11 is 0. The number of ether oxygens (including phenoxy) is 1. The van der Waals surface area contributed by atoms with Crippen LogP contribution in [0.25, 0.3) is 11.3 Å². The first-order chi connectivity index (χ1) is 12.6. The molecule has 3 rings (SSSR count). The van der Waals surface area contributed by atoms with Crippen LogP contribution in [-0.2, 0) is 4.74 Å². The second-order valence-corrected chi connectivity index (χ2v) is 7.81. The molecule has 0 bridgehead atoms. The van der Waals surface area contributed by atoms with Crippen molar-refractivity contribution in [1.82, 2.24) is 9.88 Å². The molecule has 1 fully saturated rings. The van der Waals surface area contributed by atoms with Gasteiger partial charge in [0, 0.05) is 18.7 Å². The van der Waals surface area contributed by atoms with Crippen molar-refractivity contribution >= 4 is 12.1 Å². The predicted molar refractivity (Wildman–Crippen MR) is 98.8 cm³/mol. The molecule has 1 saturated heterocycles. The molecule has 1 aliphatic heterocycles. The van der Waals surface area contributed by atoms with Gasteiger partial charge in [0.1, 0.15) is 5.60 Å². The van der Waals surface area contributed by atoms with Crippen molar-refractivity contribution in [3.63, 3.8) is 0 Å². The Labute approximate surface area is 158 Å². The Kier molecular flexibility index (Phi) is 4.95. The first kappa shape index (κ1) is 18.9. The SMILES string of the molecule is Cc1ccc(-c2oc(C3CCN(C(=O)OC(C)(C)C)C3)nc2C(=O)O)cc1. The number of rotatable bonds is 3. The standard InChI is InChI=1S/C20H24N2O5/c1-12-5-7-13(8-6-12)16-15(18(23)24)21-17(26-16)14-9-10-22(11-14)19(25)27-20(2,3)4/h5-8,14H,9-11H2,1-4H3,(H,23,24). The van der Waals surface area contributed by atoms with Crippen molar-refractivity contribution < 1.29 is 23.8 Å². The molecule has 7 nitrogen and oxygen atoms in total. The highest BCUT2D eigenvalue weighted by molar-refractivity contribution is 5.92. The van der Waals surface area contributed by atoms with Crippen molar-refractivity contribution in [3.05, 3.63) is 41.4 Å². The maximum Gasteiger partial charge on any atom is 0.410 e. The van der Waals surface area contributed by atoms with Gasteiger partial charge in [-0.05, 0) is 34.1 Å². The number of carboxylic acids is 1. The lowest BCUT2D eigenvalue weighted by atomic mass is 10.1. The Morgan fingerprint density at radius 3 is 2.52 bits per heavy atom. The van der Waals surface area contributed by atoms with E-state index in [1.165, 1.54) is 0 Å². The molecule has 1 aromatic heterocycles. The van der Waals surface area contributed by atoms with Crippen LogP contribution in [0.3, 0.4) is 0 Å². The Balaban J connectivity index is 1.82. The number of carbonyl (C=O) groups is 2. The summed E-state index contributed by atoms with van der Waals surface area (Å²) in [5.74, 6) is -0.709. The molecule has 0 spiro atoms. The molecular weight excluding hydrogens is 348 g/mol. The van der Waals surface area contributed by atoms with Gasteiger partial charge in [0.25, 0.3) is 0 Å². The van der Waals surface area contributed by atoms with E-state index in [0.29, 0.717) is 31.0 Å². The summed E-state index contributed by atoms with van der Waals surface area (Å²) in [5, 5.41) is 9.50. The number of amides is 1. The first-order valence-electron chi connectivity index (χ1n) is 8.93. The number of nitrogens with zero attached hydrogens (tertiary/aromatic N) is 2. The zero-order chi connectivity index (χ0) is 19.8. The van der Waals surface area contributed by atoms with E-state index < -0.39 is 11.6 Å². The van der Waals surface area contributed by atoms with Gasteiger partial charge < -0.3 is 19.2 Å². The number of oxazole rings is 1. The summed E-state index contributed by atoms with van der Waals surface area (Å²) < 4.78 is 11.2. The van der Waals surface area contributed by atoms with Crippen molar-refractivity contribution in [2.24, 2.45) is 0 Å². The molecule has 1 aliphatic rings. The van der Waals surface area contributed by atoms with E-state index in [2.05, 4.69) is 4.98 Å². The monoisotopic (exact) mass is 372 g/mol. The summed E-state index contributed by atoms with van der Waals surface area (Å²) in [6, 6.07) is 7.41. The summed E-state index contributed by atoms with van der Waals surface area (Å²) in [7, 11) is 0. The fourth-order valence-electron chi connectivity index (χ4n) is 3.01. The van der Waals surface area contributed by atoms with E-state index in [4.69, 9.17) is 9.15 Å². The van der Waals surface area contributed by atoms with E-state index in [1.807, 2.05) is 52.0 Å². The van der Waals surface area contributed by atoms with Gasteiger partial charge in [-0.15, -0.1) is 0 Å². The summed E-state index contributed by atoms with van der Waals surface area (Å²) in [6.45, 7) is 8.32. The molecule has 0 radical (unpaired) electrons. The average molecular weight is 372 g/mol. The average Bonchev–Trinajstić information content (AvgIpc) is 3.21. The Hall–Kier alpha value is -2.83. The summed E-state index contributed by atoms with van der Waals surface area (Å²) in [6.07, 6.45) is 0.264. The van der Waals surface area contributed by atoms with E-state index in [-0.39, 0.29) is 23.5 Å². The van der Waals surface area contributed by atoms with Gasteiger partial charge in [-0.3, -0.25) is 0 Å². The van der Waals surface area contributed by atoms with Crippen molar-refractivity contribution in [2.45, 2.75) is 45.6 Å². The molecule has 1 atom stereocenters. The Morgan fingerprint density at radius 1 is 1.26 bits per heavy atom. The number of carbonyl (C=O) groups excluding carboxylic acids is 1. The zero-order valence-corrected chi connectivity index (χ0v) is 16.0. The Morgan fingerprint density at radius 2 is 1.93 bits per heavy atom. The third-order valence-electron chi connectivity index (χ3n) is 4.35. The molecule has 2 heterocycles. The van der Waals surface area contributed by atoms with Crippen molar-refractivity contribution in [3.8, 4) is 11.3 Å². The lowest BCUT2D eigenvalue weighted by molar-refractivity contribution is 0.0291. The minimum absolute atomic E-state index is 0.107. The molecule has 144 valence electrons. The highest BCUT2D eigenvalue weighted by atomic mass is 16.6. The number of aryl methyl sites for hydroxylation is 1. The molecule has 1 amide bonds. The topological polar surface area (TPSA) is 92.9 Å². The highest BCUT2D eigenvalue weighted by Crippen LogP contribution is 2.33. The largest absolute Gasteiger partial charge is 0.476 e. The van der Waals surface area contributed by atoms with Crippen LogP contribution in [0, 0.1) is 6.92 Å². The van der Waals surface area contributed by atoms with Crippen LogP contribution >= 0.6 is 0 Å². The van der Waals surface area contributed by atoms with Gasteiger partial charge in [0.15, 0.2) is 11.5 Å². The van der Waals surface area contributed by atoms with E-state index >= 15 is 0 Å². The van der Waals surface area contributed by atoms with Gasteiger partial charge in [-0.1, -0.05) is 29.8 Å². The molecule has 0 saturated carbocycles. The maximum absolute atomic E-state index is 12.2. The van der Waals surface area contributed by atoms with Crippen molar-refractivity contribution in [2.75, 3.05) is 13.1 Å². The van der Waals surface area contributed by atoms with Crippen LogP contribution in [-0.4, -0.2) is 45.7 Å². The summed E-state index contributed by atoms with van der Waals surface area (Å²) in [4.78, 5) is 29.7. The van der Waals surface area contributed by atoms with Crippen LogP contribution < -0.4 is 0 Å². The van der Waals surface area contributed by atoms with Gasteiger partial charge in [0.05, 0.1) is 5.92 Å². The second-order valence-electron chi connectivity index (χ2n) is 7.81. The minimum atomic E-state index is -1.14. The second kappa shape index (κ2) is 7.06. The molecule has 1 N–H and O–H groups in total. The minimum Gasteiger partial charge on any atom is -0.476 e. The predicted octanol–water partition coefficient (Wildman–Crippen LogP) is 4.07. The normalized spacial score (nSPS) is 17.2. The van der Waals surface area contributed by atoms with Crippen LogP contribution in [0.15, 0.2) is 28.7 Å². The zero-order valence-electron chi connectivity index (χ0n) is 16.0. The van der Waals surface area contributed by atoms with Gasteiger partial charge >= 0.3 is 12.1 Å². The van der Waals surface area contributed by atoms with E-state index in [0.717, 1.165) is 5.56 Å². The number of likely N-dealkylation sites (tertiary alicyclic amines) is 1. The Bertz CT molecular complexity index is 848. The van der Waals surface area contributed by atoms with Gasteiger partial charge in [0.2, 0.25) is 5.89 Å².